The molecule has 0 aliphatic heterocycles. The maximum atomic E-state index is 12.7. The summed E-state index contributed by atoms with van der Waals surface area (Å²) in [5.41, 5.74) is -0.200. The highest BCUT2D eigenvalue weighted by molar-refractivity contribution is 5.83. The van der Waals surface area contributed by atoms with Crippen molar-refractivity contribution in [1.82, 2.24) is 5.32 Å². The first-order valence-electron chi connectivity index (χ1n) is 7.38. The lowest BCUT2D eigenvalue weighted by atomic mass is 10.0. The molecule has 0 spiro atoms. The molecule has 3 unspecified atom stereocenters. The van der Waals surface area contributed by atoms with Crippen LogP contribution in [0.1, 0.15) is 43.2 Å². The molecule has 1 aliphatic carbocycles. The fourth-order valence-electron chi connectivity index (χ4n) is 2.56. The van der Waals surface area contributed by atoms with E-state index in [0.29, 0.717) is 18.4 Å². The van der Waals surface area contributed by atoms with E-state index in [1.165, 1.54) is 6.07 Å². The number of alkyl halides is 3. The lowest BCUT2D eigenvalue weighted by Crippen LogP contribution is -2.34. The van der Waals surface area contributed by atoms with E-state index < -0.39 is 17.7 Å². The Morgan fingerprint density at radius 2 is 2.09 bits per heavy atom. The highest BCUT2D eigenvalue weighted by Crippen LogP contribution is 2.48. The topological polar surface area (TPSA) is 66.4 Å². The van der Waals surface area contributed by atoms with Crippen LogP contribution in [0, 0.1) is 5.92 Å². The number of nitrogens with one attached hydrogen (secondary N) is 1. The van der Waals surface area contributed by atoms with Crippen molar-refractivity contribution in [3.05, 3.63) is 35.4 Å². The van der Waals surface area contributed by atoms with E-state index in [4.69, 9.17) is 5.11 Å². The van der Waals surface area contributed by atoms with Crippen LogP contribution in [0.15, 0.2) is 24.3 Å². The highest BCUT2D eigenvalue weighted by Gasteiger charge is 2.44. The number of rotatable bonds is 6. The van der Waals surface area contributed by atoms with Gasteiger partial charge in [0, 0.05) is 18.4 Å². The summed E-state index contributed by atoms with van der Waals surface area (Å²) in [6.45, 7) is 1.71. The summed E-state index contributed by atoms with van der Waals surface area (Å²) in [5.74, 6) is -1.71. The Kier molecular flexibility index (Phi) is 4.97. The van der Waals surface area contributed by atoms with Gasteiger partial charge in [-0.3, -0.25) is 9.59 Å². The minimum absolute atomic E-state index is 0.0385. The van der Waals surface area contributed by atoms with Crippen LogP contribution >= 0.6 is 0 Å². The summed E-state index contributed by atoms with van der Waals surface area (Å²) in [7, 11) is 0. The molecular weight excluding hydrogens is 311 g/mol. The molecule has 126 valence electrons. The zero-order chi connectivity index (χ0) is 17.2. The minimum atomic E-state index is -4.39. The summed E-state index contributed by atoms with van der Waals surface area (Å²) in [6, 6.07) is 4.77. The molecule has 0 heterocycles. The Morgan fingerprint density at radius 1 is 1.39 bits per heavy atom. The van der Waals surface area contributed by atoms with Gasteiger partial charge in [0.05, 0.1) is 5.56 Å². The third-order valence-electron chi connectivity index (χ3n) is 3.95. The van der Waals surface area contributed by atoms with E-state index in [1.807, 2.05) is 0 Å². The van der Waals surface area contributed by atoms with Crippen LogP contribution < -0.4 is 5.32 Å². The van der Waals surface area contributed by atoms with Crippen LogP contribution in [0.5, 0.6) is 0 Å². The van der Waals surface area contributed by atoms with Crippen molar-refractivity contribution in [2.75, 3.05) is 0 Å². The number of carboxylic acids is 1. The molecule has 0 radical (unpaired) electrons. The van der Waals surface area contributed by atoms with Crippen molar-refractivity contribution in [3.63, 3.8) is 0 Å². The van der Waals surface area contributed by atoms with Crippen molar-refractivity contribution in [2.45, 2.75) is 44.3 Å². The maximum Gasteiger partial charge on any atom is 0.416 e. The third kappa shape index (κ3) is 4.71. The molecular formula is C16H18F3NO3. The monoisotopic (exact) mass is 329 g/mol. The lowest BCUT2D eigenvalue weighted by molar-refractivity contribution is -0.138. The molecule has 2 rings (SSSR count). The first kappa shape index (κ1) is 17.3. The number of halogens is 3. The molecule has 1 saturated carbocycles. The summed E-state index contributed by atoms with van der Waals surface area (Å²) in [6.07, 6.45) is -3.60. The molecule has 23 heavy (non-hydrogen) atoms. The molecule has 1 aromatic rings. The van der Waals surface area contributed by atoms with Crippen LogP contribution in [-0.4, -0.2) is 23.0 Å². The number of hydrogen-bond donors (Lipinski definition) is 2. The van der Waals surface area contributed by atoms with Gasteiger partial charge in [0.25, 0.3) is 0 Å². The number of amides is 1. The van der Waals surface area contributed by atoms with Gasteiger partial charge < -0.3 is 10.4 Å². The Bertz CT molecular complexity index is 600. The molecule has 1 aromatic carbocycles. The molecule has 7 heteroatoms. The second-order valence-electron chi connectivity index (χ2n) is 5.91. The van der Waals surface area contributed by atoms with Crippen LogP contribution in [0.2, 0.25) is 0 Å². The van der Waals surface area contributed by atoms with Crippen LogP contribution in [-0.2, 0) is 15.8 Å². The van der Waals surface area contributed by atoms with E-state index in [0.717, 1.165) is 12.1 Å². The van der Waals surface area contributed by atoms with Gasteiger partial charge in [0.1, 0.15) is 0 Å². The molecule has 3 atom stereocenters. The van der Waals surface area contributed by atoms with Gasteiger partial charge in [-0.2, -0.15) is 13.2 Å². The van der Waals surface area contributed by atoms with Crippen molar-refractivity contribution >= 4 is 11.9 Å². The van der Waals surface area contributed by atoms with Crippen molar-refractivity contribution in [1.29, 1.82) is 0 Å². The van der Waals surface area contributed by atoms with Crippen LogP contribution in [0.25, 0.3) is 0 Å². The number of hydrogen-bond acceptors (Lipinski definition) is 2. The second kappa shape index (κ2) is 6.60. The fraction of sp³-hybridized carbons (Fsp3) is 0.500. The van der Waals surface area contributed by atoms with E-state index in [2.05, 4.69) is 5.32 Å². The Hall–Kier alpha value is -2.05. The zero-order valence-electron chi connectivity index (χ0n) is 12.6. The fourth-order valence-corrected chi connectivity index (χ4v) is 2.56. The summed E-state index contributed by atoms with van der Waals surface area (Å²) >= 11 is 0. The largest absolute Gasteiger partial charge is 0.481 e. The van der Waals surface area contributed by atoms with Crippen LogP contribution in [0.3, 0.4) is 0 Å². The standard InChI is InChI=1S/C16H18F3NO3/c1-9(5-6-14(21)22)20-15(23)13-8-12(13)10-3-2-4-11(7-10)16(17,18)19/h2-4,7,9,12-13H,5-6,8H2,1H3,(H,20,23)(H,21,22). The molecule has 2 N–H and O–H groups in total. The van der Waals surface area contributed by atoms with Gasteiger partial charge in [-0.25, -0.2) is 0 Å². The Labute approximate surface area is 131 Å². The number of aliphatic carboxylic acids is 1. The zero-order valence-corrected chi connectivity index (χ0v) is 12.6. The van der Waals surface area contributed by atoms with Crippen molar-refractivity contribution in [3.8, 4) is 0 Å². The van der Waals surface area contributed by atoms with E-state index in [1.54, 1.807) is 13.0 Å². The molecule has 0 aromatic heterocycles. The van der Waals surface area contributed by atoms with E-state index >= 15 is 0 Å². The molecule has 4 nitrogen and oxygen atoms in total. The average molecular weight is 329 g/mol. The number of carbonyl (C=O) groups is 2. The van der Waals surface area contributed by atoms with Gasteiger partial charge in [-0.1, -0.05) is 18.2 Å². The van der Waals surface area contributed by atoms with Gasteiger partial charge in [-0.15, -0.1) is 0 Å². The SMILES string of the molecule is CC(CCC(=O)O)NC(=O)C1CC1c1cccc(C(F)(F)F)c1. The van der Waals surface area contributed by atoms with Gasteiger partial charge in [0.15, 0.2) is 0 Å². The first-order chi connectivity index (χ1) is 10.7. The molecule has 1 fully saturated rings. The van der Waals surface area contributed by atoms with Crippen molar-refractivity contribution in [2.24, 2.45) is 5.92 Å². The minimum Gasteiger partial charge on any atom is -0.481 e. The number of carboxylic acid groups (broad SMARTS) is 1. The molecule has 1 amide bonds. The Morgan fingerprint density at radius 3 is 2.70 bits per heavy atom. The average Bonchev–Trinajstić information content (AvgIpc) is 3.25. The van der Waals surface area contributed by atoms with Gasteiger partial charge in [-0.05, 0) is 37.3 Å². The molecule has 0 saturated heterocycles. The van der Waals surface area contributed by atoms with E-state index in [-0.39, 0.29) is 30.2 Å². The quantitative estimate of drug-likeness (QED) is 0.842. The smallest absolute Gasteiger partial charge is 0.416 e. The van der Waals surface area contributed by atoms with E-state index in [9.17, 15) is 22.8 Å². The van der Waals surface area contributed by atoms with Gasteiger partial charge >= 0.3 is 12.1 Å². The highest BCUT2D eigenvalue weighted by atomic mass is 19.4. The summed E-state index contributed by atoms with van der Waals surface area (Å²) < 4.78 is 38.1. The number of carbonyl (C=O) groups excluding carboxylic acids is 1. The summed E-state index contributed by atoms with van der Waals surface area (Å²) in [4.78, 5) is 22.5. The second-order valence-corrected chi connectivity index (χ2v) is 5.91. The molecule has 0 bridgehead atoms. The first-order valence-corrected chi connectivity index (χ1v) is 7.38. The lowest BCUT2D eigenvalue weighted by Gasteiger charge is -2.13. The third-order valence-corrected chi connectivity index (χ3v) is 3.95. The number of benzene rings is 1. The maximum absolute atomic E-state index is 12.7. The predicted molar refractivity (Wildman–Crippen MR) is 76.8 cm³/mol. The normalized spacial score (nSPS) is 21.6. The van der Waals surface area contributed by atoms with Crippen molar-refractivity contribution < 1.29 is 27.9 Å². The predicted octanol–water partition coefficient (Wildman–Crippen LogP) is 3.18. The van der Waals surface area contributed by atoms with Crippen LogP contribution in [0.4, 0.5) is 13.2 Å². The molecule has 1 aliphatic rings. The Balaban J connectivity index is 1.92. The van der Waals surface area contributed by atoms with Gasteiger partial charge in [0.2, 0.25) is 5.91 Å². The summed E-state index contributed by atoms with van der Waals surface area (Å²) in [5, 5.41) is 11.3.